The van der Waals surface area contributed by atoms with Crippen molar-refractivity contribution in [2.24, 2.45) is 0 Å². The van der Waals surface area contributed by atoms with Gasteiger partial charge in [0.25, 0.3) is 0 Å². The molecule has 0 radical (unpaired) electrons. The molecule has 0 saturated carbocycles. The molecule has 2 aromatic heterocycles. The van der Waals surface area contributed by atoms with Crippen molar-refractivity contribution in [3.63, 3.8) is 0 Å². The van der Waals surface area contributed by atoms with Gasteiger partial charge in [-0.3, -0.25) is 4.68 Å². The van der Waals surface area contributed by atoms with Crippen LogP contribution in [0.1, 0.15) is 17.7 Å². The Morgan fingerprint density at radius 2 is 2.17 bits per heavy atom. The van der Waals surface area contributed by atoms with Crippen LogP contribution in [0.25, 0.3) is 11.0 Å². The fraction of sp³-hybridized carbons (Fsp3) is 0.353. The number of rotatable bonds is 8. The van der Waals surface area contributed by atoms with Crippen molar-refractivity contribution in [3.8, 4) is 0 Å². The third kappa shape index (κ3) is 3.65. The average Bonchev–Trinajstić information content (AvgIpc) is 3.12. The molecule has 0 aliphatic rings. The van der Waals surface area contributed by atoms with Gasteiger partial charge in [-0.15, -0.1) is 11.7 Å². The summed E-state index contributed by atoms with van der Waals surface area (Å²) in [5.41, 5.74) is 4.35. The highest BCUT2D eigenvalue weighted by molar-refractivity contribution is 5.73. The van der Waals surface area contributed by atoms with E-state index in [0.29, 0.717) is 0 Å². The van der Waals surface area contributed by atoms with Crippen LogP contribution < -0.4 is 5.32 Å². The molecule has 0 aliphatic heterocycles. The number of benzene rings is 1. The third-order valence-corrected chi connectivity index (χ3v) is 3.82. The summed E-state index contributed by atoms with van der Waals surface area (Å²) in [5.74, 6) is 0. The first-order valence-corrected chi connectivity index (χ1v) is 7.90. The molecule has 2 heterocycles. The van der Waals surface area contributed by atoms with Crippen molar-refractivity contribution in [2.45, 2.75) is 33.0 Å². The highest BCUT2D eigenvalue weighted by Gasteiger charge is 2.05. The summed E-state index contributed by atoms with van der Waals surface area (Å²) in [5, 5.41) is 16.3. The standard InChI is InChI=1S/C17H22N6/c1-3-10-22-13-15(14(2)20-22)12-18-9-6-11-23-17-8-5-4-7-16(17)19-21-23/h3-5,7-8,13,18H,1,6,9-12H2,2H3. The number of aryl methyl sites for hydroxylation is 2. The minimum atomic E-state index is 0.750. The van der Waals surface area contributed by atoms with Crippen LogP contribution >= 0.6 is 0 Å². The second-order valence-corrected chi connectivity index (χ2v) is 5.58. The van der Waals surface area contributed by atoms with Crippen LogP contribution in [0, 0.1) is 6.92 Å². The molecular weight excluding hydrogens is 288 g/mol. The molecule has 0 fully saturated rings. The SMILES string of the molecule is C=CCn1cc(CNCCCn2nnc3ccccc32)c(C)n1. The molecule has 0 spiro atoms. The summed E-state index contributed by atoms with van der Waals surface area (Å²) in [4.78, 5) is 0. The Balaban J connectivity index is 1.46. The van der Waals surface area contributed by atoms with Gasteiger partial charge in [0, 0.05) is 24.8 Å². The number of aromatic nitrogens is 5. The van der Waals surface area contributed by atoms with Gasteiger partial charge < -0.3 is 5.32 Å². The van der Waals surface area contributed by atoms with Gasteiger partial charge in [-0.2, -0.15) is 5.10 Å². The average molecular weight is 310 g/mol. The summed E-state index contributed by atoms with van der Waals surface area (Å²) in [6.07, 6.45) is 4.94. The van der Waals surface area contributed by atoms with Crippen LogP contribution in [0.4, 0.5) is 0 Å². The van der Waals surface area contributed by atoms with Gasteiger partial charge in [-0.1, -0.05) is 23.4 Å². The smallest absolute Gasteiger partial charge is 0.113 e. The summed E-state index contributed by atoms with van der Waals surface area (Å²) < 4.78 is 3.88. The van der Waals surface area contributed by atoms with Crippen molar-refractivity contribution in [2.75, 3.05) is 6.54 Å². The van der Waals surface area contributed by atoms with Gasteiger partial charge >= 0.3 is 0 Å². The largest absolute Gasteiger partial charge is 0.312 e. The number of nitrogens with zero attached hydrogens (tertiary/aromatic N) is 5. The lowest BCUT2D eigenvalue weighted by molar-refractivity contribution is 0.541. The van der Waals surface area contributed by atoms with E-state index in [-0.39, 0.29) is 0 Å². The summed E-state index contributed by atoms with van der Waals surface area (Å²) in [7, 11) is 0. The van der Waals surface area contributed by atoms with E-state index in [4.69, 9.17) is 0 Å². The minimum absolute atomic E-state index is 0.750. The summed E-state index contributed by atoms with van der Waals surface area (Å²) in [6.45, 7) is 9.16. The van der Waals surface area contributed by atoms with E-state index in [1.165, 1.54) is 5.56 Å². The van der Waals surface area contributed by atoms with Crippen LogP contribution in [0.3, 0.4) is 0 Å². The quantitative estimate of drug-likeness (QED) is 0.512. The molecule has 0 amide bonds. The molecule has 120 valence electrons. The Morgan fingerprint density at radius 1 is 1.30 bits per heavy atom. The second kappa shape index (κ2) is 7.19. The highest BCUT2D eigenvalue weighted by Crippen LogP contribution is 2.10. The van der Waals surface area contributed by atoms with E-state index in [0.717, 1.165) is 49.3 Å². The zero-order valence-electron chi connectivity index (χ0n) is 13.4. The van der Waals surface area contributed by atoms with E-state index in [1.807, 2.05) is 40.6 Å². The highest BCUT2D eigenvalue weighted by atomic mass is 15.4. The van der Waals surface area contributed by atoms with Crippen molar-refractivity contribution >= 4 is 11.0 Å². The summed E-state index contributed by atoms with van der Waals surface area (Å²) >= 11 is 0. The lowest BCUT2D eigenvalue weighted by Crippen LogP contribution is -2.17. The minimum Gasteiger partial charge on any atom is -0.312 e. The first-order valence-electron chi connectivity index (χ1n) is 7.90. The van der Waals surface area contributed by atoms with Crippen molar-refractivity contribution < 1.29 is 0 Å². The number of fused-ring (bicyclic) bond motifs is 1. The normalized spacial score (nSPS) is 11.2. The Labute approximate surface area is 135 Å². The third-order valence-electron chi connectivity index (χ3n) is 3.82. The molecular formula is C17H22N6. The molecule has 0 bridgehead atoms. The Bertz CT molecular complexity index is 785. The number of nitrogens with one attached hydrogen (secondary N) is 1. The van der Waals surface area contributed by atoms with Gasteiger partial charge in [0.05, 0.1) is 17.8 Å². The molecule has 3 rings (SSSR count). The zero-order chi connectivity index (χ0) is 16.1. The van der Waals surface area contributed by atoms with E-state index < -0.39 is 0 Å². The van der Waals surface area contributed by atoms with Crippen LogP contribution in [-0.2, 0) is 19.6 Å². The van der Waals surface area contributed by atoms with Crippen LogP contribution in [-0.4, -0.2) is 31.3 Å². The van der Waals surface area contributed by atoms with E-state index in [2.05, 4.69) is 39.6 Å². The van der Waals surface area contributed by atoms with Crippen molar-refractivity contribution in [1.82, 2.24) is 30.1 Å². The maximum Gasteiger partial charge on any atom is 0.113 e. The fourth-order valence-electron chi connectivity index (χ4n) is 2.62. The molecule has 6 nitrogen and oxygen atoms in total. The molecule has 3 aromatic rings. The van der Waals surface area contributed by atoms with Gasteiger partial charge in [0.2, 0.25) is 0 Å². The number of allylic oxidation sites excluding steroid dienone is 1. The Kier molecular flexibility index (Phi) is 4.83. The molecule has 0 aliphatic carbocycles. The van der Waals surface area contributed by atoms with E-state index in [9.17, 15) is 0 Å². The molecule has 1 aromatic carbocycles. The molecule has 0 unspecified atom stereocenters. The predicted octanol–water partition coefficient (Wildman–Crippen LogP) is 2.30. The molecule has 23 heavy (non-hydrogen) atoms. The van der Waals surface area contributed by atoms with Gasteiger partial charge in [0.15, 0.2) is 0 Å². The van der Waals surface area contributed by atoms with E-state index in [1.54, 1.807) is 0 Å². The zero-order valence-corrected chi connectivity index (χ0v) is 13.4. The Morgan fingerprint density at radius 3 is 3.04 bits per heavy atom. The molecule has 0 atom stereocenters. The molecule has 0 saturated heterocycles. The topological polar surface area (TPSA) is 60.6 Å². The van der Waals surface area contributed by atoms with Crippen molar-refractivity contribution in [3.05, 3.63) is 54.4 Å². The number of hydrogen-bond acceptors (Lipinski definition) is 4. The molecule has 1 N–H and O–H groups in total. The van der Waals surface area contributed by atoms with Gasteiger partial charge in [-0.25, -0.2) is 4.68 Å². The predicted molar refractivity (Wildman–Crippen MR) is 91.0 cm³/mol. The number of para-hydroxylation sites is 1. The van der Waals surface area contributed by atoms with Crippen LogP contribution in [0.15, 0.2) is 43.1 Å². The maximum absolute atomic E-state index is 4.46. The summed E-state index contributed by atoms with van der Waals surface area (Å²) in [6, 6.07) is 8.04. The second-order valence-electron chi connectivity index (χ2n) is 5.58. The van der Waals surface area contributed by atoms with E-state index >= 15 is 0 Å². The lowest BCUT2D eigenvalue weighted by atomic mass is 10.2. The number of hydrogen-bond donors (Lipinski definition) is 1. The Hall–Kier alpha value is -2.47. The van der Waals surface area contributed by atoms with Crippen LogP contribution in [0.2, 0.25) is 0 Å². The first kappa shape index (κ1) is 15.4. The first-order chi connectivity index (χ1) is 11.3. The van der Waals surface area contributed by atoms with Crippen molar-refractivity contribution in [1.29, 1.82) is 0 Å². The maximum atomic E-state index is 4.46. The lowest BCUT2D eigenvalue weighted by Gasteiger charge is -2.04. The fourth-order valence-corrected chi connectivity index (χ4v) is 2.62. The van der Waals surface area contributed by atoms with Gasteiger partial charge in [0.1, 0.15) is 5.52 Å². The monoisotopic (exact) mass is 310 g/mol. The van der Waals surface area contributed by atoms with Crippen LogP contribution in [0.5, 0.6) is 0 Å². The van der Waals surface area contributed by atoms with Gasteiger partial charge in [-0.05, 0) is 32.0 Å². The molecule has 6 heteroatoms.